The molecule has 0 bridgehead atoms. The normalized spacial score (nSPS) is 19.8. The second kappa shape index (κ2) is 5.00. The van der Waals surface area contributed by atoms with Gasteiger partial charge in [-0.15, -0.1) is 0 Å². The molecule has 0 aromatic carbocycles. The van der Waals surface area contributed by atoms with E-state index >= 15 is 0 Å². The van der Waals surface area contributed by atoms with E-state index in [9.17, 15) is 9.59 Å². The quantitative estimate of drug-likeness (QED) is 0.709. The van der Waals surface area contributed by atoms with Gasteiger partial charge in [0.25, 0.3) is 0 Å². The first-order valence-electron chi connectivity index (χ1n) is 4.89. The summed E-state index contributed by atoms with van der Waals surface area (Å²) in [5, 5.41) is 2.59. The Hall–Kier alpha value is -0.860. The molecular formula is C10H16NO2. The number of nitrogens with one attached hydrogen (secondary N) is 1. The number of carbonyl (C=O) groups is 1. The zero-order chi connectivity index (χ0) is 9.68. The Labute approximate surface area is 78.9 Å². The van der Waals surface area contributed by atoms with E-state index in [1.165, 1.54) is 12.8 Å². The summed E-state index contributed by atoms with van der Waals surface area (Å²) in [4.78, 5) is 21.4. The highest BCUT2D eigenvalue weighted by atomic mass is 16.2. The van der Waals surface area contributed by atoms with Gasteiger partial charge >= 0.3 is 0 Å². The first kappa shape index (κ1) is 10.2. The summed E-state index contributed by atoms with van der Waals surface area (Å²) < 4.78 is 0. The largest absolute Gasteiger partial charge is 0.346 e. The molecule has 0 unspecified atom stereocenters. The Morgan fingerprint density at radius 1 is 1.54 bits per heavy atom. The van der Waals surface area contributed by atoms with Crippen molar-refractivity contribution in [1.82, 2.24) is 5.32 Å². The molecule has 1 atom stereocenters. The maximum Gasteiger partial charge on any atom is 0.222 e. The van der Waals surface area contributed by atoms with Crippen LogP contribution in [-0.4, -0.2) is 18.2 Å². The molecule has 13 heavy (non-hydrogen) atoms. The average Bonchev–Trinajstić information content (AvgIpc) is 2.56. The molecule has 1 saturated carbocycles. The molecule has 1 fully saturated rings. The highest BCUT2D eigenvalue weighted by Gasteiger charge is 2.18. The lowest BCUT2D eigenvalue weighted by atomic mass is 10.0. The molecule has 1 N–H and O–H groups in total. The lowest BCUT2D eigenvalue weighted by Gasteiger charge is -2.10. The first-order valence-corrected chi connectivity index (χ1v) is 4.89. The Morgan fingerprint density at radius 2 is 2.15 bits per heavy atom. The van der Waals surface area contributed by atoms with E-state index in [4.69, 9.17) is 0 Å². The Balaban J connectivity index is 2.20. The van der Waals surface area contributed by atoms with Gasteiger partial charge in [-0.25, -0.2) is 0 Å². The fourth-order valence-electron chi connectivity index (χ4n) is 1.81. The topological polar surface area (TPSA) is 46.2 Å². The number of hydrogen-bond acceptors (Lipinski definition) is 2. The highest BCUT2D eigenvalue weighted by molar-refractivity contribution is 5.79. The van der Waals surface area contributed by atoms with Gasteiger partial charge in [0.1, 0.15) is 0 Å². The van der Waals surface area contributed by atoms with Crippen molar-refractivity contribution < 1.29 is 9.59 Å². The van der Waals surface area contributed by atoms with E-state index in [1.54, 1.807) is 13.2 Å². The Kier molecular flexibility index (Phi) is 3.93. The van der Waals surface area contributed by atoms with Gasteiger partial charge in [0, 0.05) is 6.42 Å². The minimum Gasteiger partial charge on any atom is -0.346 e. The maximum absolute atomic E-state index is 11.3. The maximum atomic E-state index is 11.3. The van der Waals surface area contributed by atoms with Gasteiger partial charge in [-0.3, -0.25) is 9.59 Å². The van der Waals surface area contributed by atoms with Crippen molar-refractivity contribution in [3.8, 4) is 0 Å². The van der Waals surface area contributed by atoms with Crippen LogP contribution < -0.4 is 5.32 Å². The molecule has 0 aromatic rings. The zero-order valence-electron chi connectivity index (χ0n) is 8.01. The Morgan fingerprint density at radius 3 is 2.69 bits per heavy atom. The molecule has 1 radical (unpaired) electrons. The van der Waals surface area contributed by atoms with E-state index in [1.807, 2.05) is 0 Å². The number of hydrogen-bond donors (Lipinski definition) is 1. The highest BCUT2D eigenvalue weighted by Crippen LogP contribution is 2.27. The molecule has 3 heteroatoms. The van der Waals surface area contributed by atoms with Crippen LogP contribution in [-0.2, 0) is 9.59 Å². The summed E-state index contributed by atoms with van der Waals surface area (Å²) >= 11 is 0. The van der Waals surface area contributed by atoms with Gasteiger partial charge in [0.2, 0.25) is 12.2 Å². The van der Waals surface area contributed by atoms with Gasteiger partial charge in [-0.05, 0) is 25.7 Å². The van der Waals surface area contributed by atoms with Crippen molar-refractivity contribution >= 4 is 12.2 Å². The van der Waals surface area contributed by atoms with Crippen LogP contribution in [0.2, 0.25) is 0 Å². The zero-order valence-corrected chi connectivity index (χ0v) is 8.01. The molecule has 0 aromatic heterocycles. The van der Waals surface area contributed by atoms with Crippen LogP contribution in [0.1, 0.15) is 39.0 Å². The van der Waals surface area contributed by atoms with Gasteiger partial charge < -0.3 is 5.32 Å². The second-order valence-electron chi connectivity index (χ2n) is 3.76. The van der Waals surface area contributed by atoms with E-state index in [0.29, 0.717) is 12.3 Å². The predicted octanol–water partition coefficient (Wildman–Crippen LogP) is 1.18. The van der Waals surface area contributed by atoms with Gasteiger partial charge in [0.15, 0.2) is 0 Å². The molecule has 0 aliphatic heterocycles. The molecule has 1 aliphatic rings. The molecule has 1 amide bonds. The van der Waals surface area contributed by atoms with Crippen LogP contribution in [0, 0.1) is 5.92 Å². The van der Waals surface area contributed by atoms with Crippen LogP contribution in [0.3, 0.4) is 0 Å². The van der Waals surface area contributed by atoms with Crippen molar-refractivity contribution in [3.05, 3.63) is 0 Å². The van der Waals surface area contributed by atoms with Crippen molar-refractivity contribution in [2.75, 3.05) is 0 Å². The van der Waals surface area contributed by atoms with Crippen molar-refractivity contribution in [2.45, 2.75) is 45.1 Å². The summed E-state index contributed by atoms with van der Waals surface area (Å²) in [6.45, 7) is 1.64. The smallest absolute Gasteiger partial charge is 0.222 e. The Bertz CT molecular complexity index is 185. The summed E-state index contributed by atoms with van der Waals surface area (Å²) in [6, 6.07) is -0.464. The van der Waals surface area contributed by atoms with E-state index < -0.39 is 6.04 Å². The summed E-state index contributed by atoms with van der Waals surface area (Å²) in [7, 11) is 0. The molecule has 73 valence electrons. The standard InChI is InChI=1S/C10H16NO2/c1-8(7-12)11-10(13)6-9-4-2-3-5-9/h8-9H,2-6H2,1H3,(H,11,13)/t8-/m0/s1. The van der Waals surface area contributed by atoms with Crippen molar-refractivity contribution in [2.24, 2.45) is 5.92 Å². The molecule has 0 spiro atoms. The average molecular weight is 182 g/mol. The third-order valence-corrected chi connectivity index (χ3v) is 2.50. The van der Waals surface area contributed by atoms with Gasteiger partial charge in [-0.1, -0.05) is 12.8 Å². The monoisotopic (exact) mass is 182 g/mol. The van der Waals surface area contributed by atoms with Crippen LogP contribution in [0.25, 0.3) is 0 Å². The molecule has 0 heterocycles. The van der Waals surface area contributed by atoms with E-state index in [2.05, 4.69) is 5.32 Å². The van der Waals surface area contributed by atoms with Crippen LogP contribution >= 0.6 is 0 Å². The fraction of sp³-hybridized carbons (Fsp3) is 0.800. The summed E-state index contributed by atoms with van der Waals surface area (Å²) in [5.41, 5.74) is 0. The van der Waals surface area contributed by atoms with Crippen LogP contribution in [0.5, 0.6) is 0 Å². The van der Waals surface area contributed by atoms with Gasteiger partial charge in [-0.2, -0.15) is 0 Å². The minimum atomic E-state index is -0.464. The third-order valence-electron chi connectivity index (χ3n) is 2.50. The second-order valence-corrected chi connectivity index (χ2v) is 3.76. The fourth-order valence-corrected chi connectivity index (χ4v) is 1.81. The third kappa shape index (κ3) is 3.57. The first-order chi connectivity index (χ1) is 6.22. The minimum absolute atomic E-state index is 0.0113. The van der Waals surface area contributed by atoms with E-state index in [0.717, 1.165) is 12.8 Å². The number of rotatable bonds is 4. The number of amides is 1. The lowest BCUT2D eigenvalue weighted by Crippen LogP contribution is -2.34. The molecule has 1 rings (SSSR count). The predicted molar refractivity (Wildman–Crippen MR) is 49.9 cm³/mol. The molecule has 0 saturated heterocycles. The SMILES string of the molecule is C[C@@H]([C]=O)NC(=O)CC1CCCC1. The van der Waals surface area contributed by atoms with Crippen molar-refractivity contribution in [1.29, 1.82) is 0 Å². The van der Waals surface area contributed by atoms with Crippen molar-refractivity contribution in [3.63, 3.8) is 0 Å². The van der Waals surface area contributed by atoms with Crippen LogP contribution in [0.4, 0.5) is 0 Å². The van der Waals surface area contributed by atoms with E-state index in [-0.39, 0.29) is 5.91 Å². The van der Waals surface area contributed by atoms with Crippen LogP contribution in [0.15, 0.2) is 0 Å². The molecule has 3 nitrogen and oxygen atoms in total. The molecule has 1 aliphatic carbocycles. The molecular weight excluding hydrogens is 166 g/mol. The van der Waals surface area contributed by atoms with Gasteiger partial charge in [0.05, 0.1) is 6.04 Å². The summed E-state index contributed by atoms with van der Waals surface area (Å²) in [5.74, 6) is 0.529. The summed E-state index contributed by atoms with van der Waals surface area (Å²) in [6.07, 6.45) is 7.12. The number of carbonyl (C=O) groups excluding carboxylic acids is 2. The lowest BCUT2D eigenvalue weighted by molar-refractivity contribution is -0.122.